The Morgan fingerprint density at radius 3 is 2.43 bits per heavy atom. The molecule has 1 nitrogen and oxygen atoms in total. The average Bonchev–Trinajstić information content (AvgIpc) is 2.19. The van der Waals surface area contributed by atoms with Crippen molar-refractivity contribution < 1.29 is 4.74 Å². The zero-order valence-electron chi connectivity index (χ0n) is 8.79. The Bertz CT molecular complexity index is 256. The normalized spacial score (nSPS) is 11.6. The highest BCUT2D eigenvalue weighted by Gasteiger charge is 2.15. The topological polar surface area (TPSA) is 9.23 Å². The van der Waals surface area contributed by atoms with Crippen molar-refractivity contribution in [1.29, 1.82) is 0 Å². The molecular weight excluding hydrogens is 287 g/mol. The summed E-state index contributed by atoms with van der Waals surface area (Å²) in [4.78, 5) is 0. The highest BCUT2D eigenvalue weighted by Crippen LogP contribution is 2.19. The maximum absolute atomic E-state index is 5.67. The first kappa shape index (κ1) is 12.0. The number of halogens is 1. The summed E-state index contributed by atoms with van der Waals surface area (Å²) < 4.78 is 6.80. The summed E-state index contributed by atoms with van der Waals surface area (Å²) in [5, 5.41) is 0. The molecule has 14 heavy (non-hydrogen) atoms. The largest absolute Gasteiger partial charge is 0.376 e. The maximum atomic E-state index is 5.67. The second-order valence-electron chi connectivity index (χ2n) is 4.28. The van der Waals surface area contributed by atoms with Gasteiger partial charge in [-0.3, -0.25) is 0 Å². The van der Waals surface area contributed by atoms with Crippen LogP contribution in [0.4, 0.5) is 0 Å². The van der Waals surface area contributed by atoms with Gasteiger partial charge in [0.2, 0.25) is 0 Å². The van der Waals surface area contributed by atoms with E-state index >= 15 is 0 Å². The van der Waals surface area contributed by atoms with Crippen molar-refractivity contribution in [1.82, 2.24) is 0 Å². The molecule has 1 aromatic carbocycles. The molecule has 0 amide bonds. The number of benzene rings is 1. The van der Waals surface area contributed by atoms with E-state index in [9.17, 15) is 0 Å². The summed E-state index contributed by atoms with van der Waals surface area (Å²) in [6.07, 6.45) is 0. The van der Waals surface area contributed by atoms with Crippen molar-refractivity contribution in [3.63, 3.8) is 0 Å². The van der Waals surface area contributed by atoms with Gasteiger partial charge in [-0.1, -0.05) is 66.8 Å². The van der Waals surface area contributed by atoms with Gasteiger partial charge in [-0.15, -0.1) is 0 Å². The quantitative estimate of drug-likeness (QED) is 0.596. The SMILES string of the molecule is CC(C)(CI)COCc1ccccc1. The number of alkyl halides is 1. The molecule has 1 aromatic rings. The molecule has 0 fully saturated rings. The summed E-state index contributed by atoms with van der Waals surface area (Å²) >= 11 is 2.40. The van der Waals surface area contributed by atoms with E-state index in [1.165, 1.54) is 5.56 Å². The molecule has 0 bridgehead atoms. The van der Waals surface area contributed by atoms with Gasteiger partial charge in [-0.25, -0.2) is 0 Å². The van der Waals surface area contributed by atoms with Crippen LogP contribution in [-0.2, 0) is 11.3 Å². The third-order valence-electron chi connectivity index (χ3n) is 1.97. The number of ether oxygens (including phenoxy) is 1. The lowest BCUT2D eigenvalue weighted by Crippen LogP contribution is -2.20. The first-order chi connectivity index (χ1) is 6.64. The summed E-state index contributed by atoms with van der Waals surface area (Å²) in [7, 11) is 0. The molecule has 0 radical (unpaired) electrons. The van der Waals surface area contributed by atoms with Crippen LogP contribution in [0.1, 0.15) is 19.4 Å². The van der Waals surface area contributed by atoms with Gasteiger partial charge in [0.05, 0.1) is 13.2 Å². The van der Waals surface area contributed by atoms with E-state index < -0.39 is 0 Å². The molecule has 78 valence electrons. The average molecular weight is 304 g/mol. The monoisotopic (exact) mass is 304 g/mol. The second kappa shape index (κ2) is 5.71. The summed E-state index contributed by atoms with van der Waals surface area (Å²) in [6.45, 7) is 6.00. The van der Waals surface area contributed by atoms with E-state index in [2.05, 4.69) is 48.6 Å². The fraction of sp³-hybridized carbons (Fsp3) is 0.500. The van der Waals surface area contributed by atoms with Crippen molar-refractivity contribution in [2.75, 3.05) is 11.0 Å². The van der Waals surface area contributed by atoms with Crippen molar-refractivity contribution in [2.45, 2.75) is 20.5 Å². The molecule has 0 spiro atoms. The lowest BCUT2D eigenvalue weighted by molar-refractivity contribution is 0.0632. The molecule has 0 saturated carbocycles. The molecule has 1 rings (SSSR count). The third-order valence-corrected chi connectivity index (χ3v) is 4.03. The van der Waals surface area contributed by atoms with Gasteiger partial charge < -0.3 is 4.74 Å². The molecule has 2 heteroatoms. The molecule has 0 aliphatic heterocycles. The minimum atomic E-state index is 0.287. The molecule has 0 heterocycles. The van der Waals surface area contributed by atoms with Gasteiger partial charge in [0, 0.05) is 4.43 Å². The van der Waals surface area contributed by atoms with Crippen LogP contribution in [0.5, 0.6) is 0 Å². The predicted molar refractivity (Wildman–Crippen MR) is 68.8 cm³/mol. The van der Waals surface area contributed by atoms with Crippen LogP contribution in [0, 0.1) is 5.41 Å². The van der Waals surface area contributed by atoms with Crippen molar-refractivity contribution in [3.05, 3.63) is 35.9 Å². The fourth-order valence-electron chi connectivity index (χ4n) is 1.06. The first-order valence-electron chi connectivity index (χ1n) is 4.82. The van der Waals surface area contributed by atoms with Gasteiger partial charge >= 0.3 is 0 Å². The van der Waals surface area contributed by atoms with E-state index in [1.54, 1.807) is 0 Å². The molecular formula is C12H17IO. The van der Waals surface area contributed by atoms with E-state index in [0.717, 1.165) is 17.6 Å². The Morgan fingerprint density at radius 2 is 1.86 bits per heavy atom. The maximum Gasteiger partial charge on any atom is 0.0717 e. The standard InChI is InChI=1S/C12H17IO/c1-12(2,9-13)10-14-8-11-6-4-3-5-7-11/h3-7H,8-10H2,1-2H3. The number of rotatable bonds is 5. The molecule has 0 saturated heterocycles. The summed E-state index contributed by atoms with van der Waals surface area (Å²) in [5.74, 6) is 0. The lowest BCUT2D eigenvalue weighted by atomic mass is 9.99. The van der Waals surface area contributed by atoms with E-state index in [4.69, 9.17) is 4.74 Å². The van der Waals surface area contributed by atoms with Gasteiger partial charge in [0.15, 0.2) is 0 Å². The van der Waals surface area contributed by atoms with Crippen LogP contribution in [-0.4, -0.2) is 11.0 Å². The van der Waals surface area contributed by atoms with E-state index in [0.29, 0.717) is 0 Å². The van der Waals surface area contributed by atoms with Crippen LogP contribution < -0.4 is 0 Å². The number of hydrogen-bond donors (Lipinski definition) is 0. The predicted octanol–water partition coefficient (Wildman–Crippen LogP) is 3.66. The molecule has 0 unspecified atom stereocenters. The zero-order valence-corrected chi connectivity index (χ0v) is 11.0. The molecule has 0 aliphatic rings. The van der Waals surface area contributed by atoms with Crippen LogP contribution in [0.3, 0.4) is 0 Å². The zero-order chi connectivity index (χ0) is 10.4. The molecule has 0 aliphatic carbocycles. The van der Waals surface area contributed by atoms with Crippen LogP contribution in [0.15, 0.2) is 30.3 Å². The highest BCUT2D eigenvalue weighted by atomic mass is 127. The van der Waals surface area contributed by atoms with Gasteiger partial charge in [0.1, 0.15) is 0 Å². The minimum absolute atomic E-state index is 0.287. The third kappa shape index (κ3) is 4.42. The van der Waals surface area contributed by atoms with E-state index in [-0.39, 0.29) is 5.41 Å². The second-order valence-corrected chi connectivity index (χ2v) is 5.04. The van der Waals surface area contributed by atoms with Crippen molar-refractivity contribution >= 4 is 22.6 Å². The molecule has 0 atom stereocenters. The first-order valence-corrected chi connectivity index (χ1v) is 6.34. The van der Waals surface area contributed by atoms with Gasteiger partial charge in [0.25, 0.3) is 0 Å². The van der Waals surface area contributed by atoms with Gasteiger partial charge in [-0.2, -0.15) is 0 Å². The molecule has 0 N–H and O–H groups in total. The lowest BCUT2D eigenvalue weighted by Gasteiger charge is -2.21. The van der Waals surface area contributed by atoms with Crippen LogP contribution in [0.25, 0.3) is 0 Å². The van der Waals surface area contributed by atoms with Crippen LogP contribution >= 0.6 is 22.6 Å². The van der Waals surface area contributed by atoms with Gasteiger partial charge in [-0.05, 0) is 11.0 Å². The van der Waals surface area contributed by atoms with Crippen LogP contribution in [0.2, 0.25) is 0 Å². The minimum Gasteiger partial charge on any atom is -0.376 e. The Balaban J connectivity index is 2.29. The Morgan fingerprint density at radius 1 is 1.21 bits per heavy atom. The summed E-state index contributed by atoms with van der Waals surface area (Å²) in [6, 6.07) is 10.3. The highest BCUT2D eigenvalue weighted by molar-refractivity contribution is 14.1. The Kier molecular flexibility index (Phi) is 4.89. The summed E-state index contributed by atoms with van der Waals surface area (Å²) in [5.41, 5.74) is 1.53. The van der Waals surface area contributed by atoms with E-state index in [1.807, 2.05) is 18.2 Å². The Hall–Kier alpha value is -0.0900. The Labute approximate surface area is 100.0 Å². The molecule has 0 aromatic heterocycles. The number of hydrogen-bond acceptors (Lipinski definition) is 1. The van der Waals surface area contributed by atoms with Crippen molar-refractivity contribution in [3.8, 4) is 0 Å². The fourth-order valence-corrected chi connectivity index (χ4v) is 1.28. The van der Waals surface area contributed by atoms with Crippen molar-refractivity contribution in [2.24, 2.45) is 5.41 Å². The smallest absolute Gasteiger partial charge is 0.0717 e.